The number of carbonyl (C=O) groups excluding carboxylic acids is 1. The Kier molecular flexibility index (Phi) is 6.95. The number of fused-ring (bicyclic) bond motifs is 2. The fourth-order valence-corrected chi connectivity index (χ4v) is 9.32. The van der Waals surface area contributed by atoms with Gasteiger partial charge in [-0.25, -0.2) is 16.8 Å². The quantitative estimate of drug-likeness (QED) is 0.481. The molecule has 0 amide bonds. The van der Waals surface area contributed by atoms with Crippen molar-refractivity contribution in [2.75, 3.05) is 46.4 Å². The number of ether oxygens (including phenoxy) is 1. The van der Waals surface area contributed by atoms with Gasteiger partial charge in [0.05, 0.1) is 40.7 Å². The van der Waals surface area contributed by atoms with E-state index in [1.165, 1.54) is 12.1 Å². The lowest BCUT2D eigenvalue weighted by Crippen LogP contribution is -2.43. The number of rotatable bonds is 8. The molecule has 2 aromatic rings. The van der Waals surface area contributed by atoms with Crippen molar-refractivity contribution in [1.82, 2.24) is 0 Å². The maximum absolute atomic E-state index is 13.6. The molecular formula is C26H32ClN3O6S2. The number of anilines is 3. The second-order valence-electron chi connectivity index (χ2n) is 10.9. The molecule has 2 aromatic carbocycles. The van der Waals surface area contributed by atoms with E-state index in [-0.39, 0.29) is 28.0 Å². The average molecular weight is 582 g/mol. The first kappa shape index (κ1) is 27.2. The smallest absolute Gasteiger partial charge is 0.261 e. The van der Waals surface area contributed by atoms with Gasteiger partial charge >= 0.3 is 0 Å². The van der Waals surface area contributed by atoms with E-state index in [0.717, 1.165) is 6.42 Å². The van der Waals surface area contributed by atoms with Crippen LogP contribution in [0.25, 0.3) is 0 Å². The Morgan fingerprint density at radius 1 is 1.03 bits per heavy atom. The van der Waals surface area contributed by atoms with Crippen molar-refractivity contribution in [2.24, 2.45) is 16.7 Å². The highest BCUT2D eigenvalue weighted by molar-refractivity contribution is 7.93. The van der Waals surface area contributed by atoms with Crippen molar-refractivity contribution in [3.05, 3.63) is 47.5 Å². The normalized spacial score (nSPS) is 25.0. The number of hydrogen-bond acceptors (Lipinski definition) is 7. The molecule has 1 aliphatic heterocycles. The third-order valence-electron chi connectivity index (χ3n) is 8.57. The number of hydrogen-bond donors (Lipinski definition) is 2. The first-order chi connectivity index (χ1) is 17.8. The fraction of sp³-hybridized carbons (Fsp3) is 0.500. The molecule has 3 fully saturated rings. The van der Waals surface area contributed by atoms with E-state index in [0.29, 0.717) is 55.5 Å². The lowest BCUT2D eigenvalue weighted by molar-refractivity contribution is -0.128. The van der Waals surface area contributed by atoms with Crippen LogP contribution in [0.4, 0.5) is 17.1 Å². The second-order valence-corrected chi connectivity index (χ2v) is 14.8. The summed E-state index contributed by atoms with van der Waals surface area (Å²) in [5.41, 5.74) is -0.325. The molecule has 1 saturated heterocycles. The third-order valence-corrected chi connectivity index (χ3v) is 11.6. The summed E-state index contributed by atoms with van der Waals surface area (Å²) >= 11 is 5.91. The summed E-state index contributed by atoms with van der Waals surface area (Å²) in [6.45, 7) is 5.97. The minimum atomic E-state index is -4.04. The van der Waals surface area contributed by atoms with Gasteiger partial charge in [0.15, 0.2) is 0 Å². The van der Waals surface area contributed by atoms with Gasteiger partial charge in [0.2, 0.25) is 10.0 Å². The van der Waals surface area contributed by atoms with Crippen molar-refractivity contribution in [1.29, 1.82) is 0 Å². The molecule has 9 nitrogen and oxygen atoms in total. The zero-order valence-corrected chi connectivity index (χ0v) is 23.8. The molecule has 0 radical (unpaired) electrons. The van der Waals surface area contributed by atoms with Crippen LogP contribution in [0.3, 0.4) is 0 Å². The summed E-state index contributed by atoms with van der Waals surface area (Å²) in [4.78, 5) is 14.8. The van der Waals surface area contributed by atoms with Crippen molar-refractivity contribution >= 4 is 54.5 Å². The number of halogens is 1. The fourth-order valence-electron chi connectivity index (χ4n) is 6.21. The molecule has 5 rings (SSSR count). The number of sulfonamides is 2. The van der Waals surface area contributed by atoms with Crippen LogP contribution in [0.1, 0.15) is 33.1 Å². The average Bonchev–Trinajstić information content (AvgIpc) is 3.19. The predicted octanol–water partition coefficient (Wildman–Crippen LogP) is 4.11. The van der Waals surface area contributed by atoms with E-state index >= 15 is 0 Å². The van der Waals surface area contributed by atoms with Crippen molar-refractivity contribution in [2.45, 2.75) is 38.0 Å². The van der Waals surface area contributed by atoms with Gasteiger partial charge in [0, 0.05) is 30.2 Å². The van der Waals surface area contributed by atoms with Crippen LogP contribution in [-0.2, 0) is 29.6 Å². The summed E-state index contributed by atoms with van der Waals surface area (Å²) in [5.74, 6) is -0.146. The highest BCUT2D eigenvalue weighted by Gasteiger charge is 2.65. The first-order valence-corrected chi connectivity index (χ1v) is 16.1. The monoisotopic (exact) mass is 581 g/mol. The predicted molar refractivity (Wildman–Crippen MR) is 148 cm³/mol. The molecule has 2 N–H and O–H groups in total. The number of ketones is 1. The molecular weight excluding hydrogens is 550 g/mol. The Bertz CT molecular complexity index is 1450. The molecule has 2 unspecified atom stereocenters. The standard InChI is InChI=1S/C26H32ClN3O6S2/c1-25(2)18-9-10-26(25,24(31)15-18)17-37(32,33)29-22-16-21(7-8-23(22)30-11-13-36-14-12-30)38(34,35)28-20-5-3-19(27)4-6-20/h3-8,16,18,28-29H,9-15,17H2,1-2H3. The van der Waals surface area contributed by atoms with Gasteiger partial charge in [-0.15, -0.1) is 0 Å². The molecule has 12 heteroatoms. The molecule has 206 valence electrons. The Morgan fingerprint density at radius 3 is 2.32 bits per heavy atom. The van der Waals surface area contributed by atoms with Crippen molar-refractivity contribution in [3.8, 4) is 0 Å². The van der Waals surface area contributed by atoms with Crippen LogP contribution in [0, 0.1) is 16.7 Å². The van der Waals surface area contributed by atoms with Crippen molar-refractivity contribution < 1.29 is 26.4 Å². The van der Waals surface area contributed by atoms with E-state index in [1.807, 2.05) is 18.7 Å². The molecule has 2 atom stereocenters. The lowest BCUT2D eigenvalue weighted by atomic mass is 9.70. The van der Waals surface area contributed by atoms with Gasteiger partial charge in [-0.3, -0.25) is 14.2 Å². The van der Waals surface area contributed by atoms with Crippen molar-refractivity contribution in [3.63, 3.8) is 0 Å². The molecule has 38 heavy (non-hydrogen) atoms. The van der Waals surface area contributed by atoms with Crippen LogP contribution in [-0.4, -0.2) is 54.7 Å². The highest BCUT2D eigenvalue weighted by atomic mass is 35.5. The van der Waals surface area contributed by atoms with Crippen LogP contribution < -0.4 is 14.3 Å². The van der Waals surface area contributed by atoms with Gasteiger partial charge in [-0.2, -0.15) is 0 Å². The van der Waals surface area contributed by atoms with E-state index < -0.39 is 30.9 Å². The van der Waals surface area contributed by atoms with E-state index in [9.17, 15) is 21.6 Å². The number of Topliss-reactive ketones (excluding diaryl/α,β-unsaturated/α-hetero) is 1. The summed E-state index contributed by atoms with van der Waals surface area (Å²) in [7, 11) is -8.05. The Morgan fingerprint density at radius 2 is 1.71 bits per heavy atom. The number of carbonyl (C=O) groups is 1. The van der Waals surface area contributed by atoms with Gasteiger partial charge < -0.3 is 9.64 Å². The van der Waals surface area contributed by atoms with E-state index in [4.69, 9.17) is 16.3 Å². The van der Waals surface area contributed by atoms with E-state index in [2.05, 4.69) is 9.44 Å². The zero-order valence-electron chi connectivity index (χ0n) is 21.4. The molecule has 1 heterocycles. The summed E-state index contributed by atoms with van der Waals surface area (Å²) in [6, 6.07) is 10.6. The minimum Gasteiger partial charge on any atom is -0.378 e. The topological polar surface area (TPSA) is 122 Å². The van der Waals surface area contributed by atoms with Crippen LogP contribution >= 0.6 is 11.6 Å². The largest absolute Gasteiger partial charge is 0.378 e. The molecule has 2 saturated carbocycles. The summed E-state index contributed by atoms with van der Waals surface area (Å²) in [6.07, 6.45) is 1.78. The SMILES string of the molecule is CC1(C)C2CCC1(CS(=O)(=O)Nc1cc(S(=O)(=O)Nc3ccc(Cl)cc3)ccc1N1CCOCC1)C(=O)C2. The molecule has 2 bridgehead atoms. The summed E-state index contributed by atoms with van der Waals surface area (Å²) in [5, 5.41) is 0.469. The molecule has 2 aliphatic carbocycles. The van der Waals surface area contributed by atoms with E-state index in [1.54, 1.807) is 30.3 Å². The van der Waals surface area contributed by atoms with Crippen LogP contribution in [0.5, 0.6) is 0 Å². The minimum absolute atomic E-state index is 0.000945. The molecule has 0 spiro atoms. The molecule has 3 aliphatic rings. The van der Waals surface area contributed by atoms with Gasteiger partial charge in [0.1, 0.15) is 5.78 Å². The maximum Gasteiger partial charge on any atom is 0.261 e. The second kappa shape index (κ2) is 9.69. The van der Waals surface area contributed by atoms with Crippen LogP contribution in [0.2, 0.25) is 5.02 Å². The summed E-state index contributed by atoms with van der Waals surface area (Å²) < 4.78 is 64.2. The van der Waals surface area contributed by atoms with Gasteiger partial charge in [-0.05, 0) is 66.6 Å². The first-order valence-electron chi connectivity index (χ1n) is 12.6. The van der Waals surface area contributed by atoms with Gasteiger partial charge in [-0.1, -0.05) is 25.4 Å². The Hall–Kier alpha value is -2.34. The maximum atomic E-state index is 13.6. The number of benzene rings is 2. The Labute approximate surface area is 229 Å². The Balaban J connectivity index is 1.48. The van der Waals surface area contributed by atoms with Crippen LogP contribution in [0.15, 0.2) is 47.4 Å². The third kappa shape index (κ3) is 4.89. The number of nitrogens with one attached hydrogen (secondary N) is 2. The molecule has 0 aromatic heterocycles. The zero-order chi connectivity index (χ0) is 27.3. The number of morpholine rings is 1. The lowest BCUT2D eigenvalue weighted by Gasteiger charge is -2.36. The number of nitrogens with zero attached hydrogens (tertiary/aromatic N) is 1. The van der Waals surface area contributed by atoms with Gasteiger partial charge in [0.25, 0.3) is 10.0 Å². The highest BCUT2D eigenvalue weighted by Crippen LogP contribution is 2.64.